The Hall–Kier alpha value is -3.98. The standard InChI is InChI=1S/C26H24BrN3O5/c1-2-14-34-22-11-8-18(9-12-22)25(32)28-17-24(31)30-29-16-20-15-21(27)10-13-23(20)35-26(33)19-6-4-3-5-7-19/h3-13,15-16H,2,14,17H2,1H3,(H,28,32)(H,30,31). The summed E-state index contributed by atoms with van der Waals surface area (Å²) in [6.45, 7) is 2.34. The number of nitrogens with zero attached hydrogens (tertiary/aromatic N) is 1. The highest BCUT2D eigenvalue weighted by Gasteiger charge is 2.12. The number of hydrazone groups is 1. The van der Waals surface area contributed by atoms with Crippen molar-refractivity contribution in [2.24, 2.45) is 5.10 Å². The molecule has 0 aliphatic rings. The summed E-state index contributed by atoms with van der Waals surface area (Å²) >= 11 is 3.36. The third-order valence-electron chi connectivity index (χ3n) is 4.58. The molecule has 0 saturated carbocycles. The van der Waals surface area contributed by atoms with Gasteiger partial charge >= 0.3 is 5.97 Å². The second-order valence-corrected chi connectivity index (χ2v) is 8.20. The topological polar surface area (TPSA) is 106 Å². The minimum Gasteiger partial charge on any atom is -0.494 e. The molecule has 0 spiro atoms. The van der Waals surface area contributed by atoms with Crippen LogP contribution in [0.3, 0.4) is 0 Å². The molecule has 0 saturated heterocycles. The smallest absolute Gasteiger partial charge is 0.343 e. The van der Waals surface area contributed by atoms with Crippen LogP contribution in [0, 0.1) is 0 Å². The van der Waals surface area contributed by atoms with Gasteiger partial charge in [-0.15, -0.1) is 0 Å². The molecule has 3 aromatic carbocycles. The summed E-state index contributed by atoms with van der Waals surface area (Å²) < 4.78 is 11.7. The fourth-order valence-electron chi connectivity index (χ4n) is 2.84. The lowest BCUT2D eigenvalue weighted by Gasteiger charge is -2.08. The van der Waals surface area contributed by atoms with Crippen LogP contribution in [-0.2, 0) is 4.79 Å². The van der Waals surface area contributed by atoms with Crippen molar-refractivity contribution in [2.75, 3.05) is 13.2 Å². The maximum Gasteiger partial charge on any atom is 0.343 e. The molecular formula is C26H24BrN3O5. The average Bonchev–Trinajstić information content (AvgIpc) is 2.88. The van der Waals surface area contributed by atoms with E-state index in [-0.39, 0.29) is 12.3 Å². The minimum absolute atomic E-state index is 0.265. The SMILES string of the molecule is CCCOc1ccc(C(=O)NCC(=O)NN=Cc2cc(Br)ccc2OC(=O)c2ccccc2)cc1. The van der Waals surface area contributed by atoms with Gasteiger partial charge in [-0.3, -0.25) is 9.59 Å². The number of carbonyl (C=O) groups excluding carboxylic acids is 3. The highest BCUT2D eigenvalue weighted by molar-refractivity contribution is 9.10. The Morgan fingerprint density at radius 3 is 2.43 bits per heavy atom. The van der Waals surface area contributed by atoms with Crippen LogP contribution >= 0.6 is 15.9 Å². The Morgan fingerprint density at radius 1 is 0.971 bits per heavy atom. The molecule has 0 heterocycles. The van der Waals surface area contributed by atoms with Crippen LogP contribution < -0.4 is 20.2 Å². The Bertz CT molecular complexity index is 1200. The van der Waals surface area contributed by atoms with Crippen LogP contribution in [0.2, 0.25) is 0 Å². The molecule has 0 aliphatic carbocycles. The number of halogens is 1. The Balaban J connectivity index is 1.53. The molecule has 0 unspecified atom stereocenters. The summed E-state index contributed by atoms with van der Waals surface area (Å²) in [5.74, 6) is -0.473. The first-order chi connectivity index (χ1) is 17.0. The molecule has 3 aromatic rings. The highest BCUT2D eigenvalue weighted by Crippen LogP contribution is 2.23. The van der Waals surface area contributed by atoms with Crippen molar-refractivity contribution in [1.82, 2.24) is 10.7 Å². The normalized spacial score (nSPS) is 10.6. The lowest BCUT2D eigenvalue weighted by molar-refractivity contribution is -0.120. The number of esters is 1. The molecule has 0 fully saturated rings. The molecule has 0 bridgehead atoms. The van der Waals surface area contributed by atoms with Crippen molar-refractivity contribution in [1.29, 1.82) is 0 Å². The van der Waals surface area contributed by atoms with Crippen LogP contribution in [0.15, 0.2) is 82.4 Å². The number of benzene rings is 3. The van der Waals surface area contributed by atoms with E-state index in [0.717, 1.165) is 10.9 Å². The van der Waals surface area contributed by atoms with Gasteiger partial charge in [0.2, 0.25) is 0 Å². The first kappa shape index (κ1) is 25.6. The van der Waals surface area contributed by atoms with Crippen LogP contribution in [0.1, 0.15) is 39.6 Å². The number of nitrogens with one attached hydrogen (secondary N) is 2. The second kappa shape index (κ2) is 13.0. The van der Waals surface area contributed by atoms with Crippen molar-refractivity contribution >= 4 is 39.9 Å². The predicted molar refractivity (Wildman–Crippen MR) is 136 cm³/mol. The van der Waals surface area contributed by atoms with Crippen molar-refractivity contribution in [3.63, 3.8) is 0 Å². The van der Waals surface area contributed by atoms with Crippen molar-refractivity contribution < 1.29 is 23.9 Å². The van der Waals surface area contributed by atoms with Crippen LogP contribution in [-0.4, -0.2) is 37.1 Å². The van der Waals surface area contributed by atoms with Crippen molar-refractivity contribution in [3.8, 4) is 11.5 Å². The zero-order chi connectivity index (χ0) is 25.0. The summed E-state index contributed by atoms with van der Waals surface area (Å²) in [6.07, 6.45) is 2.24. The summed E-state index contributed by atoms with van der Waals surface area (Å²) in [6, 6.07) is 20.3. The second-order valence-electron chi connectivity index (χ2n) is 7.29. The van der Waals surface area contributed by atoms with Crippen LogP contribution in [0.25, 0.3) is 0 Å². The average molecular weight is 538 g/mol. The van der Waals surface area contributed by atoms with E-state index >= 15 is 0 Å². The predicted octanol–water partition coefficient (Wildman–Crippen LogP) is 4.34. The first-order valence-corrected chi connectivity index (χ1v) is 11.7. The fraction of sp³-hybridized carbons (Fsp3) is 0.154. The van der Waals surface area contributed by atoms with Crippen molar-refractivity contribution in [2.45, 2.75) is 13.3 Å². The van der Waals surface area contributed by atoms with E-state index in [9.17, 15) is 14.4 Å². The van der Waals surface area contributed by atoms with Gasteiger partial charge in [-0.1, -0.05) is 41.1 Å². The third-order valence-corrected chi connectivity index (χ3v) is 5.07. The van der Waals surface area contributed by atoms with Gasteiger partial charge in [0.1, 0.15) is 11.5 Å². The lowest BCUT2D eigenvalue weighted by atomic mass is 10.2. The number of hydrogen-bond acceptors (Lipinski definition) is 6. The van der Waals surface area contributed by atoms with Gasteiger partial charge < -0.3 is 14.8 Å². The Kier molecular flexibility index (Phi) is 9.56. The van der Waals surface area contributed by atoms with Gasteiger partial charge in [0.25, 0.3) is 11.8 Å². The first-order valence-electron chi connectivity index (χ1n) is 10.9. The number of ether oxygens (including phenoxy) is 2. The number of amides is 2. The molecule has 0 aromatic heterocycles. The molecule has 9 heteroatoms. The monoisotopic (exact) mass is 537 g/mol. The van der Waals surface area contributed by atoms with Gasteiger partial charge in [0, 0.05) is 15.6 Å². The van der Waals surface area contributed by atoms with Crippen LogP contribution in [0.4, 0.5) is 0 Å². The van der Waals surface area contributed by atoms with Gasteiger partial charge in [-0.25, -0.2) is 10.2 Å². The molecule has 8 nitrogen and oxygen atoms in total. The number of carbonyl (C=O) groups is 3. The van der Waals surface area contributed by atoms with Gasteiger partial charge in [-0.05, 0) is 61.0 Å². The lowest BCUT2D eigenvalue weighted by Crippen LogP contribution is -2.34. The quantitative estimate of drug-likeness (QED) is 0.173. The van der Waals surface area contributed by atoms with Crippen molar-refractivity contribution in [3.05, 3.63) is 94.0 Å². The molecule has 3 rings (SSSR count). The maximum atomic E-state index is 12.4. The molecular weight excluding hydrogens is 514 g/mol. The van der Waals surface area contributed by atoms with E-state index in [2.05, 4.69) is 31.8 Å². The molecule has 35 heavy (non-hydrogen) atoms. The van der Waals surface area contributed by atoms with E-state index in [1.165, 1.54) is 6.21 Å². The Labute approximate surface area is 211 Å². The molecule has 2 N–H and O–H groups in total. The molecule has 180 valence electrons. The summed E-state index contributed by atoms with van der Waals surface area (Å²) in [4.78, 5) is 36.7. The molecule has 0 aliphatic heterocycles. The van der Waals surface area contributed by atoms with E-state index in [1.807, 2.05) is 6.92 Å². The highest BCUT2D eigenvalue weighted by atomic mass is 79.9. The molecule has 0 radical (unpaired) electrons. The zero-order valence-electron chi connectivity index (χ0n) is 19.0. The van der Waals surface area contributed by atoms with E-state index in [0.29, 0.717) is 29.0 Å². The molecule has 0 atom stereocenters. The summed E-state index contributed by atoms with van der Waals surface area (Å²) in [7, 11) is 0. The number of rotatable bonds is 10. The fourth-order valence-corrected chi connectivity index (χ4v) is 3.22. The van der Waals surface area contributed by atoms with Gasteiger partial charge in [0.05, 0.1) is 24.9 Å². The minimum atomic E-state index is -0.518. The van der Waals surface area contributed by atoms with Gasteiger partial charge in [0.15, 0.2) is 0 Å². The van der Waals surface area contributed by atoms with Gasteiger partial charge in [-0.2, -0.15) is 5.10 Å². The number of hydrogen-bond donors (Lipinski definition) is 2. The summed E-state index contributed by atoms with van der Waals surface area (Å²) in [5, 5.41) is 6.44. The Morgan fingerprint density at radius 2 is 1.71 bits per heavy atom. The zero-order valence-corrected chi connectivity index (χ0v) is 20.6. The van der Waals surface area contributed by atoms with E-state index in [4.69, 9.17) is 9.47 Å². The molecule has 2 amide bonds. The third kappa shape index (κ3) is 8.08. The maximum absolute atomic E-state index is 12.4. The van der Waals surface area contributed by atoms with E-state index in [1.54, 1.807) is 72.8 Å². The van der Waals surface area contributed by atoms with Crippen LogP contribution in [0.5, 0.6) is 11.5 Å². The largest absolute Gasteiger partial charge is 0.494 e. The van der Waals surface area contributed by atoms with E-state index < -0.39 is 17.8 Å². The summed E-state index contributed by atoms with van der Waals surface area (Å²) in [5.41, 5.74) is 3.63.